The van der Waals surface area contributed by atoms with Gasteiger partial charge < -0.3 is 15.4 Å². The highest BCUT2D eigenvalue weighted by atomic mass is 32.2. The molecule has 5 heteroatoms. The first-order chi connectivity index (χ1) is 8.86. The first-order valence-electron chi connectivity index (χ1n) is 6.95. The normalized spacial score (nSPS) is 15.8. The average Bonchev–Trinajstić information content (AvgIpc) is 3.17. The molecule has 1 saturated carbocycles. The molecule has 4 nitrogen and oxygen atoms in total. The predicted octanol–water partition coefficient (Wildman–Crippen LogP) is 1.72. The van der Waals surface area contributed by atoms with Gasteiger partial charge in [-0.15, -0.1) is 0 Å². The highest BCUT2D eigenvalue weighted by Gasteiger charge is 2.20. The SMILES string of the molecule is CCNC(=NCCCOCC1CC1)NCCSC. The monoisotopic (exact) mass is 273 g/mol. The van der Waals surface area contributed by atoms with Gasteiger partial charge in [0.25, 0.3) is 0 Å². The number of rotatable bonds is 10. The van der Waals surface area contributed by atoms with E-state index in [9.17, 15) is 0 Å². The van der Waals surface area contributed by atoms with Gasteiger partial charge in [0, 0.05) is 38.6 Å². The zero-order valence-electron chi connectivity index (χ0n) is 11.7. The van der Waals surface area contributed by atoms with Crippen molar-refractivity contribution in [1.29, 1.82) is 0 Å². The second-order valence-electron chi connectivity index (χ2n) is 4.55. The number of hydrogen-bond donors (Lipinski definition) is 2. The van der Waals surface area contributed by atoms with Gasteiger partial charge in [-0.1, -0.05) is 0 Å². The van der Waals surface area contributed by atoms with E-state index in [4.69, 9.17) is 4.74 Å². The van der Waals surface area contributed by atoms with E-state index in [1.807, 2.05) is 11.8 Å². The van der Waals surface area contributed by atoms with E-state index >= 15 is 0 Å². The zero-order chi connectivity index (χ0) is 13.1. The summed E-state index contributed by atoms with van der Waals surface area (Å²) in [4.78, 5) is 4.52. The second-order valence-corrected chi connectivity index (χ2v) is 5.54. The molecule has 0 heterocycles. The molecule has 0 aromatic carbocycles. The second kappa shape index (κ2) is 10.5. The molecule has 18 heavy (non-hydrogen) atoms. The van der Waals surface area contributed by atoms with Crippen LogP contribution >= 0.6 is 11.8 Å². The highest BCUT2D eigenvalue weighted by molar-refractivity contribution is 7.98. The minimum atomic E-state index is 0.833. The Kier molecular flexibility index (Phi) is 9.12. The minimum Gasteiger partial charge on any atom is -0.381 e. The van der Waals surface area contributed by atoms with Crippen molar-refractivity contribution in [2.75, 3.05) is 44.9 Å². The summed E-state index contributed by atoms with van der Waals surface area (Å²) in [6.07, 6.45) is 5.85. The standard InChI is InChI=1S/C13H27N3OS/c1-3-14-13(16-8-10-18-2)15-7-4-9-17-11-12-5-6-12/h12H,3-11H2,1-2H3,(H2,14,15,16). The minimum absolute atomic E-state index is 0.833. The van der Waals surface area contributed by atoms with Gasteiger partial charge in [0.2, 0.25) is 0 Å². The number of guanidine groups is 1. The molecule has 0 aromatic rings. The van der Waals surface area contributed by atoms with Crippen LogP contribution in [0.15, 0.2) is 4.99 Å². The Bertz CT molecular complexity index is 232. The molecular formula is C13H27N3OS. The van der Waals surface area contributed by atoms with E-state index in [1.54, 1.807) is 0 Å². The molecule has 1 aliphatic rings. The van der Waals surface area contributed by atoms with Crippen molar-refractivity contribution in [2.24, 2.45) is 10.9 Å². The van der Waals surface area contributed by atoms with Crippen LogP contribution in [0.4, 0.5) is 0 Å². The zero-order valence-corrected chi connectivity index (χ0v) is 12.5. The molecule has 0 unspecified atom stereocenters. The summed E-state index contributed by atoms with van der Waals surface area (Å²) in [5, 5.41) is 6.57. The molecule has 0 aromatic heterocycles. The number of hydrogen-bond acceptors (Lipinski definition) is 3. The van der Waals surface area contributed by atoms with Crippen LogP contribution in [0.25, 0.3) is 0 Å². The fraction of sp³-hybridized carbons (Fsp3) is 0.923. The summed E-state index contributed by atoms with van der Waals surface area (Å²) in [5.74, 6) is 2.89. The fourth-order valence-electron chi connectivity index (χ4n) is 1.51. The van der Waals surface area contributed by atoms with Gasteiger partial charge in [-0.2, -0.15) is 11.8 Å². The fourth-order valence-corrected chi connectivity index (χ4v) is 1.81. The molecule has 0 atom stereocenters. The van der Waals surface area contributed by atoms with Gasteiger partial charge in [-0.3, -0.25) is 4.99 Å². The van der Waals surface area contributed by atoms with Crippen LogP contribution in [-0.2, 0) is 4.74 Å². The van der Waals surface area contributed by atoms with Crippen molar-refractivity contribution >= 4 is 17.7 Å². The van der Waals surface area contributed by atoms with Crippen molar-refractivity contribution in [3.8, 4) is 0 Å². The Morgan fingerprint density at radius 1 is 1.39 bits per heavy atom. The maximum atomic E-state index is 5.58. The molecule has 2 N–H and O–H groups in total. The summed E-state index contributed by atoms with van der Waals surface area (Å²) in [7, 11) is 0. The van der Waals surface area contributed by atoms with Crippen molar-refractivity contribution in [2.45, 2.75) is 26.2 Å². The quantitative estimate of drug-likeness (QED) is 0.361. The molecule has 0 bridgehead atoms. The topological polar surface area (TPSA) is 45.7 Å². The summed E-state index contributed by atoms with van der Waals surface area (Å²) in [5.41, 5.74) is 0. The number of nitrogens with one attached hydrogen (secondary N) is 2. The summed E-state index contributed by atoms with van der Waals surface area (Å²) >= 11 is 1.84. The van der Waals surface area contributed by atoms with Gasteiger partial charge in [0.15, 0.2) is 5.96 Å². The molecule has 1 fully saturated rings. The third-order valence-corrected chi connectivity index (χ3v) is 3.32. The van der Waals surface area contributed by atoms with Crippen LogP contribution < -0.4 is 10.6 Å². The predicted molar refractivity (Wildman–Crippen MR) is 80.5 cm³/mol. The van der Waals surface area contributed by atoms with Gasteiger partial charge in [-0.25, -0.2) is 0 Å². The molecule has 106 valence electrons. The van der Waals surface area contributed by atoms with Crippen LogP contribution in [0, 0.1) is 5.92 Å². The molecule has 0 spiro atoms. The van der Waals surface area contributed by atoms with Crippen molar-refractivity contribution in [3.05, 3.63) is 0 Å². The lowest BCUT2D eigenvalue weighted by Gasteiger charge is -2.10. The van der Waals surface area contributed by atoms with Crippen molar-refractivity contribution in [1.82, 2.24) is 10.6 Å². The Hall–Kier alpha value is -0.420. The first-order valence-corrected chi connectivity index (χ1v) is 8.35. The number of thioether (sulfide) groups is 1. The third kappa shape index (κ3) is 8.64. The van der Waals surface area contributed by atoms with Crippen LogP contribution in [-0.4, -0.2) is 50.8 Å². The van der Waals surface area contributed by atoms with Crippen LogP contribution in [0.1, 0.15) is 26.2 Å². The maximum Gasteiger partial charge on any atom is 0.191 e. The number of nitrogens with zero attached hydrogens (tertiary/aromatic N) is 1. The Morgan fingerprint density at radius 2 is 2.22 bits per heavy atom. The molecule has 0 amide bonds. The summed E-state index contributed by atoms with van der Waals surface area (Å²) in [6, 6.07) is 0. The third-order valence-electron chi connectivity index (χ3n) is 2.71. The smallest absolute Gasteiger partial charge is 0.191 e. The molecule has 0 saturated heterocycles. The lowest BCUT2D eigenvalue weighted by Crippen LogP contribution is -2.38. The lowest BCUT2D eigenvalue weighted by atomic mass is 10.4. The Balaban J connectivity index is 2.01. The van der Waals surface area contributed by atoms with Gasteiger partial charge in [0.1, 0.15) is 0 Å². The van der Waals surface area contributed by atoms with Gasteiger partial charge >= 0.3 is 0 Å². The lowest BCUT2D eigenvalue weighted by molar-refractivity contribution is 0.123. The van der Waals surface area contributed by atoms with Crippen molar-refractivity contribution < 1.29 is 4.74 Å². The molecule has 0 aliphatic heterocycles. The summed E-state index contributed by atoms with van der Waals surface area (Å²) < 4.78 is 5.58. The summed E-state index contributed by atoms with van der Waals surface area (Å²) in [6.45, 7) is 6.58. The van der Waals surface area contributed by atoms with Crippen LogP contribution in [0.3, 0.4) is 0 Å². The Morgan fingerprint density at radius 3 is 2.89 bits per heavy atom. The van der Waals surface area contributed by atoms with Gasteiger partial charge in [0.05, 0.1) is 0 Å². The van der Waals surface area contributed by atoms with E-state index < -0.39 is 0 Å². The highest BCUT2D eigenvalue weighted by Crippen LogP contribution is 2.28. The van der Waals surface area contributed by atoms with E-state index in [1.165, 1.54) is 12.8 Å². The average molecular weight is 273 g/mol. The van der Waals surface area contributed by atoms with Crippen LogP contribution in [0.2, 0.25) is 0 Å². The maximum absolute atomic E-state index is 5.58. The van der Waals surface area contributed by atoms with Crippen LogP contribution in [0.5, 0.6) is 0 Å². The molecule has 1 rings (SSSR count). The largest absolute Gasteiger partial charge is 0.381 e. The van der Waals surface area contributed by atoms with E-state index in [0.29, 0.717) is 0 Å². The molecular weight excluding hydrogens is 246 g/mol. The Labute approximate surface area is 115 Å². The molecule has 0 radical (unpaired) electrons. The van der Waals surface area contributed by atoms with E-state index in [2.05, 4.69) is 28.8 Å². The number of aliphatic imine (C=N–C) groups is 1. The van der Waals surface area contributed by atoms with E-state index in [-0.39, 0.29) is 0 Å². The first kappa shape index (κ1) is 15.6. The van der Waals surface area contributed by atoms with E-state index in [0.717, 1.165) is 56.9 Å². The van der Waals surface area contributed by atoms with Crippen molar-refractivity contribution in [3.63, 3.8) is 0 Å². The molecule has 1 aliphatic carbocycles. The number of ether oxygens (including phenoxy) is 1. The van der Waals surface area contributed by atoms with Gasteiger partial charge in [-0.05, 0) is 38.4 Å².